The molecule has 0 heteroatoms. The van der Waals surface area contributed by atoms with Crippen molar-refractivity contribution in [2.24, 2.45) is 0 Å². The van der Waals surface area contributed by atoms with Crippen LogP contribution in [-0.4, -0.2) is 0 Å². The van der Waals surface area contributed by atoms with Crippen LogP contribution in [0.4, 0.5) is 0 Å². The van der Waals surface area contributed by atoms with Crippen LogP contribution in [0.1, 0.15) is 37.0 Å². The van der Waals surface area contributed by atoms with Crippen molar-refractivity contribution in [1.82, 2.24) is 0 Å². The second kappa shape index (κ2) is 4.86. The molecule has 1 aromatic rings. The second-order valence-corrected chi connectivity index (χ2v) is 3.44. The summed E-state index contributed by atoms with van der Waals surface area (Å²) in [5.41, 5.74) is 4.16. The smallest absolute Gasteiger partial charge is 0.0228 e. The third kappa shape index (κ3) is 2.73. The average molecular weight is 174 g/mol. The summed E-state index contributed by atoms with van der Waals surface area (Å²) >= 11 is 0. The molecule has 0 unspecified atom stereocenters. The normalized spacial score (nSPS) is 11.0. The van der Waals surface area contributed by atoms with E-state index in [0.29, 0.717) is 0 Å². The molecule has 0 atom stereocenters. The van der Waals surface area contributed by atoms with Gasteiger partial charge in [0.05, 0.1) is 0 Å². The van der Waals surface area contributed by atoms with E-state index < -0.39 is 0 Å². The first-order valence-corrected chi connectivity index (χ1v) is 5.00. The molecule has 0 saturated heterocycles. The highest BCUT2D eigenvalue weighted by molar-refractivity contribution is 5.54. The van der Waals surface area contributed by atoms with Crippen molar-refractivity contribution < 1.29 is 0 Å². The van der Waals surface area contributed by atoms with Crippen molar-refractivity contribution in [3.8, 4) is 0 Å². The van der Waals surface area contributed by atoms with Gasteiger partial charge in [0.1, 0.15) is 0 Å². The molecule has 0 aromatic heterocycles. The van der Waals surface area contributed by atoms with Crippen molar-refractivity contribution in [2.45, 2.75) is 33.6 Å². The van der Waals surface area contributed by atoms with Crippen LogP contribution in [0.5, 0.6) is 0 Å². The molecule has 13 heavy (non-hydrogen) atoms. The van der Waals surface area contributed by atoms with Crippen LogP contribution < -0.4 is 0 Å². The zero-order valence-electron chi connectivity index (χ0n) is 8.80. The molecule has 0 nitrogen and oxygen atoms in total. The molecule has 0 radical (unpaired) electrons. The SMILES string of the molecule is C/C=C\c1cc(CCC)ccc1C. The van der Waals surface area contributed by atoms with Gasteiger partial charge >= 0.3 is 0 Å². The molecule has 1 rings (SSSR count). The first-order valence-electron chi connectivity index (χ1n) is 5.00. The maximum atomic E-state index is 2.29. The standard InChI is InChI=1S/C13H18/c1-4-6-12-9-8-11(3)13(10-12)7-5-2/h5,7-10H,4,6H2,1-3H3/b7-5-. The number of hydrogen-bond acceptors (Lipinski definition) is 0. The van der Waals surface area contributed by atoms with E-state index in [9.17, 15) is 0 Å². The van der Waals surface area contributed by atoms with Crippen LogP contribution >= 0.6 is 0 Å². The van der Waals surface area contributed by atoms with Crippen LogP contribution in [0.3, 0.4) is 0 Å². The highest BCUT2D eigenvalue weighted by atomic mass is 14.0. The molecular weight excluding hydrogens is 156 g/mol. The highest BCUT2D eigenvalue weighted by Gasteiger charge is 1.96. The summed E-state index contributed by atoms with van der Waals surface area (Å²) in [7, 11) is 0. The molecule has 0 N–H and O–H groups in total. The fourth-order valence-electron chi connectivity index (χ4n) is 1.49. The molecule has 0 aliphatic carbocycles. The molecule has 0 heterocycles. The lowest BCUT2D eigenvalue weighted by molar-refractivity contribution is 0.920. The van der Waals surface area contributed by atoms with Crippen molar-refractivity contribution in [2.75, 3.05) is 0 Å². The third-order valence-corrected chi connectivity index (χ3v) is 2.23. The summed E-state index contributed by atoms with van der Waals surface area (Å²) in [5.74, 6) is 0. The zero-order valence-corrected chi connectivity index (χ0v) is 8.80. The Hall–Kier alpha value is -1.04. The summed E-state index contributed by atoms with van der Waals surface area (Å²) in [5, 5.41) is 0. The van der Waals surface area contributed by atoms with Gasteiger partial charge < -0.3 is 0 Å². The van der Waals surface area contributed by atoms with E-state index in [1.54, 1.807) is 0 Å². The van der Waals surface area contributed by atoms with Gasteiger partial charge in [-0.2, -0.15) is 0 Å². The minimum absolute atomic E-state index is 1.19. The number of aryl methyl sites for hydroxylation is 2. The predicted octanol–water partition coefficient (Wildman–Crippen LogP) is 3.98. The van der Waals surface area contributed by atoms with Crippen LogP contribution in [0.15, 0.2) is 24.3 Å². The Balaban J connectivity index is 2.96. The fraction of sp³-hybridized carbons (Fsp3) is 0.385. The molecule has 0 amide bonds. The van der Waals surface area contributed by atoms with Gasteiger partial charge in [0.15, 0.2) is 0 Å². The minimum atomic E-state index is 1.19. The second-order valence-electron chi connectivity index (χ2n) is 3.44. The van der Waals surface area contributed by atoms with Crippen LogP contribution in [-0.2, 0) is 6.42 Å². The average Bonchev–Trinajstić information content (AvgIpc) is 2.12. The minimum Gasteiger partial charge on any atom is -0.0871 e. The Labute approximate surface area is 81.3 Å². The monoisotopic (exact) mass is 174 g/mol. The maximum Gasteiger partial charge on any atom is -0.0228 e. The maximum absolute atomic E-state index is 2.29. The van der Waals surface area contributed by atoms with Gasteiger partial charge in [-0.15, -0.1) is 0 Å². The van der Waals surface area contributed by atoms with Gasteiger partial charge in [-0.1, -0.05) is 43.7 Å². The number of allylic oxidation sites excluding steroid dienone is 1. The molecule has 70 valence electrons. The van der Waals surface area contributed by atoms with Gasteiger partial charge in [-0.05, 0) is 37.0 Å². The summed E-state index contributed by atoms with van der Waals surface area (Å²) < 4.78 is 0. The van der Waals surface area contributed by atoms with Crippen LogP contribution in [0.25, 0.3) is 6.08 Å². The number of rotatable bonds is 3. The molecule has 0 aliphatic rings. The Kier molecular flexibility index (Phi) is 3.75. The summed E-state index contributed by atoms with van der Waals surface area (Å²) in [6.45, 7) is 6.44. The van der Waals surface area contributed by atoms with E-state index in [0.717, 1.165) is 0 Å². The molecule has 0 saturated carbocycles. The van der Waals surface area contributed by atoms with Gasteiger partial charge in [-0.3, -0.25) is 0 Å². The van der Waals surface area contributed by atoms with E-state index in [1.807, 2.05) is 0 Å². The lowest BCUT2D eigenvalue weighted by Crippen LogP contribution is -1.87. The number of hydrogen-bond donors (Lipinski definition) is 0. The van der Waals surface area contributed by atoms with Crippen molar-refractivity contribution in [1.29, 1.82) is 0 Å². The van der Waals surface area contributed by atoms with E-state index in [2.05, 4.69) is 51.1 Å². The molecule has 1 aromatic carbocycles. The lowest BCUT2D eigenvalue weighted by Gasteiger charge is -2.04. The van der Waals surface area contributed by atoms with Gasteiger partial charge in [0.25, 0.3) is 0 Å². The van der Waals surface area contributed by atoms with E-state index in [4.69, 9.17) is 0 Å². The van der Waals surface area contributed by atoms with Crippen molar-refractivity contribution in [3.05, 3.63) is 41.0 Å². The first kappa shape index (κ1) is 10.0. The highest BCUT2D eigenvalue weighted by Crippen LogP contribution is 2.14. The summed E-state index contributed by atoms with van der Waals surface area (Å²) in [4.78, 5) is 0. The molecule has 0 fully saturated rings. The molecular formula is C13H18. The Morgan fingerprint density at radius 3 is 2.69 bits per heavy atom. The Morgan fingerprint density at radius 1 is 1.31 bits per heavy atom. The number of benzene rings is 1. The zero-order chi connectivity index (χ0) is 9.68. The van der Waals surface area contributed by atoms with E-state index >= 15 is 0 Å². The summed E-state index contributed by atoms with van der Waals surface area (Å²) in [6, 6.07) is 6.73. The van der Waals surface area contributed by atoms with Crippen LogP contribution in [0, 0.1) is 6.92 Å². The van der Waals surface area contributed by atoms with E-state index in [1.165, 1.54) is 29.5 Å². The lowest BCUT2D eigenvalue weighted by atomic mass is 10.0. The first-order chi connectivity index (χ1) is 6.27. The quantitative estimate of drug-likeness (QED) is 0.650. The van der Waals surface area contributed by atoms with Gasteiger partial charge in [-0.25, -0.2) is 0 Å². The fourth-order valence-corrected chi connectivity index (χ4v) is 1.49. The van der Waals surface area contributed by atoms with Crippen LogP contribution in [0.2, 0.25) is 0 Å². The summed E-state index contributed by atoms with van der Waals surface area (Å²) in [6.07, 6.45) is 6.68. The van der Waals surface area contributed by atoms with Crippen molar-refractivity contribution in [3.63, 3.8) is 0 Å². The molecule has 0 aliphatic heterocycles. The van der Waals surface area contributed by atoms with Crippen molar-refractivity contribution >= 4 is 6.08 Å². The molecule has 0 bridgehead atoms. The van der Waals surface area contributed by atoms with E-state index in [-0.39, 0.29) is 0 Å². The Bertz CT molecular complexity index is 295. The molecule has 0 spiro atoms. The topological polar surface area (TPSA) is 0 Å². The Morgan fingerprint density at radius 2 is 2.08 bits per heavy atom. The third-order valence-electron chi connectivity index (χ3n) is 2.23. The largest absolute Gasteiger partial charge is 0.0871 e. The predicted molar refractivity (Wildman–Crippen MR) is 59.9 cm³/mol. The van der Waals surface area contributed by atoms with Gasteiger partial charge in [0.2, 0.25) is 0 Å². The van der Waals surface area contributed by atoms with Gasteiger partial charge in [0, 0.05) is 0 Å².